The van der Waals surface area contributed by atoms with Crippen LogP contribution in [0, 0.1) is 0 Å². The zero-order chi connectivity index (χ0) is 24.3. The summed E-state index contributed by atoms with van der Waals surface area (Å²) in [7, 11) is 0. The van der Waals surface area contributed by atoms with E-state index >= 15 is 0 Å². The molecule has 2 aliphatic heterocycles. The maximum Gasteiger partial charge on any atom is 0.490 e. The van der Waals surface area contributed by atoms with Crippen LogP contribution in [0.3, 0.4) is 0 Å². The predicted molar refractivity (Wildman–Crippen MR) is 124 cm³/mol. The van der Waals surface area contributed by atoms with Gasteiger partial charge in [-0.05, 0) is 61.1 Å². The Hall–Kier alpha value is -3.17. The van der Waals surface area contributed by atoms with Crippen LogP contribution in [0.25, 0.3) is 0 Å². The Kier molecular flexibility index (Phi) is 6.77. The van der Waals surface area contributed by atoms with Crippen molar-refractivity contribution in [3.63, 3.8) is 0 Å². The third kappa shape index (κ3) is 4.71. The number of alkyl halides is 3. The van der Waals surface area contributed by atoms with E-state index in [2.05, 4.69) is 40.6 Å². The summed E-state index contributed by atoms with van der Waals surface area (Å²) in [5, 5.41) is 9.26. The average Bonchev–Trinajstić information content (AvgIpc) is 3.41. The van der Waals surface area contributed by atoms with Gasteiger partial charge in [0.25, 0.3) is 0 Å². The van der Waals surface area contributed by atoms with E-state index in [1.165, 1.54) is 10.4 Å². The molecule has 0 unspecified atom stereocenters. The topological polar surface area (TPSA) is 60.9 Å². The standard InChI is InChI=1S/C23H22N2OS.C2HF3O2/c26-22-23(12-14-24(15-13-23)17-19-9-6-16-27-19)20-10-4-5-11-21(20)25(22)18-7-2-1-3-8-18;3-2(4,5)1(6)7/h1-11,16H,12-15,17H2;(H,6,7). The van der Waals surface area contributed by atoms with Crippen molar-refractivity contribution in [3.05, 3.63) is 82.6 Å². The van der Waals surface area contributed by atoms with Crippen LogP contribution in [-0.2, 0) is 21.5 Å². The molecule has 1 fully saturated rings. The maximum atomic E-state index is 13.7. The number of carbonyl (C=O) groups excluding carboxylic acids is 1. The molecule has 1 amide bonds. The number of hydrogen-bond acceptors (Lipinski definition) is 4. The molecule has 9 heteroatoms. The molecule has 0 bridgehead atoms. The van der Waals surface area contributed by atoms with Crippen molar-refractivity contribution in [2.75, 3.05) is 18.0 Å². The molecule has 0 saturated carbocycles. The highest BCUT2D eigenvalue weighted by Crippen LogP contribution is 2.50. The van der Waals surface area contributed by atoms with Gasteiger partial charge in [0.1, 0.15) is 0 Å². The monoisotopic (exact) mass is 488 g/mol. The number of halogens is 3. The molecule has 2 aromatic carbocycles. The molecule has 2 aliphatic rings. The minimum atomic E-state index is -5.08. The van der Waals surface area contributed by atoms with E-state index in [1.54, 1.807) is 0 Å². The number of thiophene rings is 1. The fraction of sp³-hybridized carbons (Fsp3) is 0.280. The Balaban J connectivity index is 0.000000344. The molecular formula is C25H23F3N2O3S. The highest BCUT2D eigenvalue weighted by Gasteiger charge is 2.52. The molecule has 0 aliphatic carbocycles. The zero-order valence-corrected chi connectivity index (χ0v) is 19.0. The van der Waals surface area contributed by atoms with E-state index in [0.717, 1.165) is 43.9 Å². The lowest BCUT2D eigenvalue weighted by atomic mass is 9.73. The molecule has 0 atom stereocenters. The molecule has 5 nitrogen and oxygen atoms in total. The van der Waals surface area contributed by atoms with E-state index in [4.69, 9.17) is 9.90 Å². The normalized spacial score (nSPS) is 17.3. The summed E-state index contributed by atoms with van der Waals surface area (Å²) in [6.07, 6.45) is -3.31. The summed E-state index contributed by atoms with van der Waals surface area (Å²) in [4.78, 5) is 28.4. The van der Waals surface area contributed by atoms with Crippen molar-refractivity contribution in [2.24, 2.45) is 0 Å². The highest BCUT2D eigenvalue weighted by atomic mass is 32.1. The molecule has 0 radical (unpaired) electrons. The highest BCUT2D eigenvalue weighted by molar-refractivity contribution is 7.09. The van der Waals surface area contributed by atoms with E-state index in [-0.39, 0.29) is 11.3 Å². The maximum absolute atomic E-state index is 13.7. The Morgan fingerprint density at radius 1 is 0.971 bits per heavy atom. The Morgan fingerprint density at radius 3 is 2.18 bits per heavy atom. The summed E-state index contributed by atoms with van der Waals surface area (Å²) in [6.45, 7) is 2.91. The van der Waals surface area contributed by atoms with Crippen LogP contribution in [0.4, 0.5) is 24.5 Å². The van der Waals surface area contributed by atoms with Gasteiger partial charge in [-0.15, -0.1) is 11.3 Å². The summed E-state index contributed by atoms with van der Waals surface area (Å²) < 4.78 is 31.7. The van der Waals surface area contributed by atoms with Gasteiger partial charge in [0.05, 0.1) is 11.1 Å². The van der Waals surface area contributed by atoms with Crippen LogP contribution in [0.15, 0.2) is 72.1 Å². The zero-order valence-electron chi connectivity index (χ0n) is 18.2. The number of benzene rings is 2. The second-order valence-electron chi connectivity index (χ2n) is 8.23. The molecule has 1 aromatic heterocycles. The van der Waals surface area contributed by atoms with Gasteiger partial charge in [-0.3, -0.25) is 14.6 Å². The number of carboxylic acids is 1. The molecule has 178 valence electrons. The smallest absolute Gasteiger partial charge is 0.475 e. The van der Waals surface area contributed by atoms with Gasteiger partial charge in [0.15, 0.2) is 0 Å². The summed E-state index contributed by atoms with van der Waals surface area (Å²) in [5.74, 6) is -2.52. The Bertz CT molecular complexity index is 1140. The minimum Gasteiger partial charge on any atom is -0.475 e. The van der Waals surface area contributed by atoms with Gasteiger partial charge >= 0.3 is 12.1 Å². The van der Waals surface area contributed by atoms with Crippen LogP contribution < -0.4 is 4.90 Å². The van der Waals surface area contributed by atoms with Crippen molar-refractivity contribution >= 4 is 34.6 Å². The number of fused-ring (bicyclic) bond motifs is 2. The first-order valence-corrected chi connectivity index (χ1v) is 11.6. The van der Waals surface area contributed by atoms with E-state index in [9.17, 15) is 18.0 Å². The number of piperidine rings is 1. The molecule has 1 spiro atoms. The fourth-order valence-corrected chi connectivity index (χ4v) is 5.29. The fourth-order valence-electron chi connectivity index (χ4n) is 4.54. The number of anilines is 2. The van der Waals surface area contributed by atoms with Gasteiger partial charge < -0.3 is 5.11 Å². The first-order valence-electron chi connectivity index (χ1n) is 10.8. The van der Waals surface area contributed by atoms with Crippen LogP contribution in [0.5, 0.6) is 0 Å². The van der Waals surface area contributed by atoms with Gasteiger partial charge in [0.2, 0.25) is 5.91 Å². The van der Waals surface area contributed by atoms with Crippen molar-refractivity contribution < 1.29 is 27.9 Å². The van der Waals surface area contributed by atoms with Gasteiger partial charge in [-0.2, -0.15) is 13.2 Å². The average molecular weight is 489 g/mol. The Morgan fingerprint density at radius 2 is 1.59 bits per heavy atom. The van der Waals surface area contributed by atoms with Crippen LogP contribution in [-0.4, -0.2) is 41.1 Å². The van der Waals surface area contributed by atoms with E-state index < -0.39 is 12.1 Å². The van der Waals surface area contributed by atoms with Crippen molar-refractivity contribution in [2.45, 2.75) is 31.0 Å². The van der Waals surface area contributed by atoms with Crippen LogP contribution in [0.1, 0.15) is 23.3 Å². The summed E-state index contributed by atoms with van der Waals surface area (Å²) in [6, 6.07) is 22.7. The number of carbonyl (C=O) groups is 2. The quantitative estimate of drug-likeness (QED) is 0.522. The van der Waals surface area contributed by atoms with Crippen molar-refractivity contribution in [1.82, 2.24) is 4.90 Å². The largest absolute Gasteiger partial charge is 0.490 e. The molecular weight excluding hydrogens is 465 g/mol. The first kappa shape index (κ1) is 24.0. The number of carboxylic acid groups (broad SMARTS) is 1. The summed E-state index contributed by atoms with van der Waals surface area (Å²) >= 11 is 1.81. The molecule has 1 N–H and O–H groups in total. The number of para-hydroxylation sites is 2. The molecule has 1 saturated heterocycles. The predicted octanol–water partition coefficient (Wildman–Crippen LogP) is 5.59. The Labute approximate surface area is 199 Å². The number of likely N-dealkylation sites (tertiary alicyclic amines) is 1. The van der Waals surface area contributed by atoms with Crippen molar-refractivity contribution in [1.29, 1.82) is 0 Å². The third-order valence-electron chi connectivity index (χ3n) is 6.20. The summed E-state index contributed by atoms with van der Waals surface area (Å²) in [5.41, 5.74) is 2.85. The lowest BCUT2D eigenvalue weighted by Gasteiger charge is -2.38. The van der Waals surface area contributed by atoms with Crippen LogP contribution >= 0.6 is 11.3 Å². The third-order valence-corrected chi connectivity index (χ3v) is 7.06. The molecule has 3 heterocycles. The lowest BCUT2D eigenvalue weighted by molar-refractivity contribution is -0.192. The van der Waals surface area contributed by atoms with Gasteiger partial charge in [0, 0.05) is 17.1 Å². The number of aliphatic carboxylic acids is 1. The van der Waals surface area contributed by atoms with Gasteiger partial charge in [-0.25, -0.2) is 4.79 Å². The van der Waals surface area contributed by atoms with Crippen LogP contribution in [0.2, 0.25) is 0 Å². The number of hydrogen-bond donors (Lipinski definition) is 1. The first-order chi connectivity index (χ1) is 16.2. The molecule has 34 heavy (non-hydrogen) atoms. The second-order valence-corrected chi connectivity index (χ2v) is 9.27. The molecule has 5 rings (SSSR count). The minimum absolute atomic E-state index is 0.241. The number of amides is 1. The number of rotatable bonds is 3. The lowest BCUT2D eigenvalue weighted by Crippen LogP contribution is -2.47. The number of nitrogens with zero attached hydrogens (tertiary/aromatic N) is 2. The van der Waals surface area contributed by atoms with E-state index in [0.29, 0.717) is 0 Å². The SMILES string of the molecule is O=C(O)C(F)(F)F.O=C1N(c2ccccc2)c2ccccc2C12CCN(Cc1cccs1)CC2. The second kappa shape index (κ2) is 9.60. The van der Waals surface area contributed by atoms with Gasteiger partial charge in [-0.1, -0.05) is 42.5 Å². The molecule has 3 aromatic rings. The van der Waals surface area contributed by atoms with E-state index in [1.807, 2.05) is 52.6 Å². The van der Waals surface area contributed by atoms with Crippen molar-refractivity contribution in [3.8, 4) is 0 Å².